The van der Waals surface area contributed by atoms with Crippen LogP contribution in [0, 0.1) is 19.7 Å². The Bertz CT molecular complexity index is 1330. The predicted octanol–water partition coefficient (Wildman–Crippen LogP) is 6.20. The quantitative estimate of drug-likeness (QED) is 0.320. The van der Waals surface area contributed by atoms with Crippen molar-refractivity contribution in [1.82, 2.24) is 4.90 Å². The fourth-order valence-corrected chi connectivity index (χ4v) is 5.27. The first kappa shape index (κ1) is 28.8. The van der Waals surface area contributed by atoms with Crippen molar-refractivity contribution in [3.8, 4) is 11.1 Å². The number of aromatic carboxylic acids is 1. The Labute approximate surface area is 226 Å². The van der Waals surface area contributed by atoms with E-state index >= 15 is 0 Å². The SMILES string of the molecule is Cc1ccc(CC2CC(F)(F)CN2CC(O)COC(C)c2ccccc2-c2ccc(C(=O)O)c(C)c2)cc1F. The molecular weight excluding hydrogens is 507 g/mol. The van der Waals surface area contributed by atoms with Gasteiger partial charge in [-0.25, -0.2) is 18.0 Å². The smallest absolute Gasteiger partial charge is 0.335 e. The van der Waals surface area contributed by atoms with Crippen LogP contribution in [0.25, 0.3) is 11.1 Å². The van der Waals surface area contributed by atoms with Crippen molar-refractivity contribution in [3.05, 3.63) is 94.3 Å². The van der Waals surface area contributed by atoms with Crippen LogP contribution in [-0.2, 0) is 11.2 Å². The highest BCUT2D eigenvalue weighted by molar-refractivity contribution is 5.90. The summed E-state index contributed by atoms with van der Waals surface area (Å²) in [6.45, 7) is 4.74. The monoisotopic (exact) mass is 541 g/mol. The van der Waals surface area contributed by atoms with Crippen molar-refractivity contribution in [3.63, 3.8) is 0 Å². The Hall–Kier alpha value is -3.20. The molecule has 0 radical (unpaired) electrons. The number of carboxylic acids is 1. The molecule has 0 amide bonds. The highest BCUT2D eigenvalue weighted by atomic mass is 19.3. The van der Waals surface area contributed by atoms with Gasteiger partial charge in [0.05, 0.1) is 30.9 Å². The normalized spacial score (nSPS) is 18.7. The van der Waals surface area contributed by atoms with Crippen LogP contribution < -0.4 is 0 Å². The maximum absolute atomic E-state index is 14.3. The Morgan fingerprint density at radius 1 is 1.10 bits per heavy atom. The number of rotatable bonds is 10. The zero-order valence-corrected chi connectivity index (χ0v) is 22.3. The number of benzene rings is 3. The zero-order valence-electron chi connectivity index (χ0n) is 22.3. The molecular formula is C31H34F3NO4. The van der Waals surface area contributed by atoms with Gasteiger partial charge in [0.1, 0.15) is 5.82 Å². The summed E-state index contributed by atoms with van der Waals surface area (Å²) in [4.78, 5) is 13.0. The fourth-order valence-electron chi connectivity index (χ4n) is 5.27. The molecule has 3 aromatic carbocycles. The second kappa shape index (κ2) is 11.9. The summed E-state index contributed by atoms with van der Waals surface area (Å²) in [6.07, 6.45) is -1.49. The van der Waals surface area contributed by atoms with Crippen LogP contribution in [0.4, 0.5) is 13.2 Å². The number of likely N-dealkylation sites (tertiary alicyclic amines) is 1. The van der Waals surface area contributed by atoms with Crippen LogP contribution in [0.5, 0.6) is 0 Å². The molecule has 0 aliphatic carbocycles. The second-order valence-corrected chi connectivity index (χ2v) is 10.5. The van der Waals surface area contributed by atoms with Gasteiger partial charge in [-0.3, -0.25) is 4.90 Å². The lowest BCUT2D eigenvalue weighted by Gasteiger charge is -2.27. The van der Waals surface area contributed by atoms with E-state index in [1.54, 1.807) is 43.0 Å². The van der Waals surface area contributed by atoms with Crippen molar-refractivity contribution in [2.24, 2.45) is 0 Å². The molecule has 0 saturated carbocycles. The molecule has 1 saturated heterocycles. The summed E-state index contributed by atoms with van der Waals surface area (Å²) in [7, 11) is 0. The molecule has 4 rings (SSSR count). The number of carboxylic acid groups (broad SMARTS) is 1. The number of nitrogens with zero attached hydrogens (tertiary/aromatic N) is 1. The lowest BCUT2D eigenvalue weighted by molar-refractivity contribution is -0.0245. The maximum Gasteiger partial charge on any atom is 0.335 e. The third-order valence-corrected chi connectivity index (χ3v) is 7.34. The number of alkyl halides is 2. The molecule has 3 unspecified atom stereocenters. The Balaban J connectivity index is 1.40. The maximum atomic E-state index is 14.3. The number of aryl methyl sites for hydroxylation is 2. The summed E-state index contributed by atoms with van der Waals surface area (Å²) in [5, 5.41) is 20.0. The van der Waals surface area contributed by atoms with Crippen molar-refractivity contribution in [2.45, 2.75) is 57.8 Å². The van der Waals surface area contributed by atoms with Crippen LogP contribution in [0.15, 0.2) is 60.7 Å². The Morgan fingerprint density at radius 3 is 2.54 bits per heavy atom. The number of aliphatic hydroxyl groups excluding tert-OH is 1. The number of hydrogen-bond donors (Lipinski definition) is 2. The standard InChI is InChI=1S/C31H34F3NO4/c1-19-8-9-22(14-29(19)32)13-24-15-31(33,34)18-35(24)16-25(36)17-39-21(3)27-6-4-5-7-28(27)23-10-11-26(30(37)38)20(2)12-23/h4-12,14,21,24-25,36H,13,15-18H2,1-3H3,(H,37,38). The van der Waals surface area contributed by atoms with Crippen molar-refractivity contribution in [1.29, 1.82) is 0 Å². The number of carbonyl (C=O) groups is 1. The molecule has 0 bridgehead atoms. The number of ether oxygens (including phenoxy) is 1. The molecule has 208 valence electrons. The summed E-state index contributed by atoms with van der Waals surface area (Å²) in [5.74, 6) is -4.23. The molecule has 1 aliphatic heterocycles. The lowest BCUT2D eigenvalue weighted by Crippen LogP contribution is -2.40. The van der Waals surface area contributed by atoms with Crippen molar-refractivity contribution >= 4 is 5.97 Å². The molecule has 8 heteroatoms. The van der Waals surface area contributed by atoms with Gasteiger partial charge in [-0.05, 0) is 72.7 Å². The lowest BCUT2D eigenvalue weighted by atomic mass is 9.94. The van der Waals surface area contributed by atoms with E-state index in [1.807, 2.05) is 37.3 Å². The number of halogens is 3. The second-order valence-electron chi connectivity index (χ2n) is 10.5. The molecule has 3 aromatic rings. The van der Waals surface area contributed by atoms with Gasteiger partial charge in [-0.15, -0.1) is 0 Å². The summed E-state index contributed by atoms with van der Waals surface area (Å²) in [6, 6.07) is 17.0. The minimum Gasteiger partial charge on any atom is -0.478 e. The minimum absolute atomic E-state index is 0.0127. The zero-order chi connectivity index (χ0) is 28.3. The third kappa shape index (κ3) is 7.06. The Morgan fingerprint density at radius 2 is 1.85 bits per heavy atom. The first-order valence-corrected chi connectivity index (χ1v) is 13.0. The van der Waals surface area contributed by atoms with E-state index in [0.717, 1.165) is 16.7 Å². The van der Waals surface area contributed by atoms with Gasteiger partial charge in [-0.2, -0.15) is 0 Å². The summed E-state index contributed by atoms with van der Waals surface area (Å²) in [5.41, 5.74) is 4.62. The van der Waals surface area contributed by atoms with Gasteiger partial charge in [-0.1, -0.05) is 48.5 Å². The van der Waals surface area contributed by atoms with Crippen LogP contribution in [-0.4, -0.2) is 58.8 Å². The Kier molecular flexibility index (Phi) is 8.79. The van der Waals surface area contributed by atoms with E-state index in [2.05, 4.69) is 0 Å². The summed E-state index contributed by atoms with van der Waals surface area (Å²) >= 11 is 0. The molecule has 3 atom stereocenters. The van der Waals surface area contributed by atoms with Crippen LogP contribution in [0.3, 0.4) is 0 Å². The molecule has 1 heterocycles. The van der Waals surface area contributed by atoms with E-state index < -0.39 is 36.7 Å². The molecule has 0 aromatic heterocycles. The van der Waals surface area contributed by atoms with Crippen LogP contribution in [0.2, 0.25) is 0 Å². The van der Waals surface area contributed by atoms with E-state index in [4.69, 9.17) is 4.74 Å². The average Bonchev–Trinajstić information content (AvgIpc) is 3.16. The van der Waals surface area contributed by atoms with E-state index in [9.17, 15) is 28.2 Å². The topological polar surface area (TPSA) is 70.0 Å². The van der Waals surface area contributed by atoms with Gasteiger partial charge in [0.15, 0.2) is 0 Å². The molecule has 1 fully saturated rings. The summed E-state index contributed by atoms with van der Waals surface area (Å²) < 4.78 is 48.6. The first-order chi connectivity index (χ1) is 18.4. The first-order valence-electron chi connectivity index (χ1n) is 13.0. The van der Waals surface area contributed by atoms with E-state index in [1.165, 1.54) is 6.07 Å². The number of hydrogen-bond acceptors (Lipinski definition) is 4. The molecule has 39 heavy (non-hydrogen) atoms. The van der Waals surface area contributed by atoms with E-state index in [-0.39, 0.29) is 37.4 Å². The van der Waals surface area contributed by atoms with Gasteiger partial charge < -0.3 is 14.9 Å². The molecule has 0 spiro atoms. The van der Waals surface area contributed by atoms with Gasteiger partial charge in [0, 0.05) is 19.0 Å². The van der Waals surface area contributed by atoms with Crippen molar-refractivity contribution < 1.29 is 32.9 Å². The van der Waals surface area contributed by atoms with Gasteiger partial charge in [0.2, 0.25) is 0 Å². The van der Waals surface area contributed by atoms with Gasteiger partial charge >= 0.3 is 5.97 Å². The number of β-amino-alcohol motifs (C(OH)–C–C–N with tert-alkyl or cyclic N) is 1. The third-order valence-electron chi connectivity index (χ3n) is 7.34. The number of aliphatic hydroxyl groups is 1. The molecule has 2 N–H and O–H groups in total. The largest absolute Gasteiger partial charge is 0.478 e. The fraction of sp³-hybridized carbons (Fsp3) is 0.387. The van der Waals surface area contributed by atoms with Gasteiger partial charge in [0.25, 0.3) is 5.92 Å². The molecule has 1 aliphatic rings. The minimum atomic E-state index is -2.88. The average molecular weight is 542 g/mol. The van der Waals surface area contributed by atoms with Crippen LogP contribution >= 0.6 is 0 Å². The molecule has 5 nitrogen and oxygen atoms in total. The van der Waals surface area contributed by atoms with Crippen LogP contribution in [0.1, 0.15) is 52.1 Å². The predicted molar refractivity (Wildman–Crippen MR) is 144 cm³/mol. The van der Waals surface area contributed by atoms with Crippen molar-refractivity contribution in [2.75, 3.05) is 19.7 Å². The highest BCUT2D eigenvalue weighted by Gasteiger charge is 2.45. The highest BCUT2D eigenvalue weighted by Crippen LogP contribution is 2.35. The van der Waals surface area contributed by atoms with E-state index in [0.29, 0.717) is 16.7 Å².